The van der Waals surface area contributed by atoms with Crippen molar-refractivity contribution in [3.63, 3.8) is 0 Å². The van der Waals surface area contributed by atoms with Gasteiger partial charge in [0.2, 0.25) is 16.9 Å². The first-order chi connectivity index (χ1) is 10.5. The minimum atomic E-state index is -0.364. The Kier molecular flexibility index (Phi) is 3.89. The minimum Gasteiger partial charge on any atom is -0.312 e. The summed E-state index contributed by atoms with van der Waals surface area (Å²) in [6, 6.07) is 6.00. The maximum atomic E-state index is 12.2. The zero-order chi connectivity index (χ0) is 15.7. The highest BCUT2D eigenvalue weighted by Crippen LogP contribution is 2.27. The second-order valence-electron chi connectivity index (χ2n) is 5.48. The van der Waals surface area contributed by atoms with E-state index in [1.165, 1.54) is 11.3 Å². The number of anilines is 2. The van der Waals surface area contributed by atoms with Crippen molar-refractivity contribution >= 4 is 34.0 Å². The topological polar surface area (TPSA) is 75.2 Å². The van der Waals surface area contributed by atoms with E-state index in [2.05, 4.69) is 21.6 Å². The van der Waals surface area contributed by atoms with Gasteiger partial charge in [0.15, 0.2) is 0 Å². The van der Waals surface area contributed by atoms with E-state index >= 15 is 0 Å². The summed E-state index contributed by atoms with van der Waals surface area (Å²) in [5.41, 5.74) is 4.61. The van der Waals surface area contributed by atoms with Gasteiger partial charge in [0.05, 0.1) is 5.92 Å². The van der Waals surface area contributed by atoms with Gasteiger partial charge in [-0.2, -0.15) is 0 Å². The van der Waals surface area contributed by atoms with Gasteiger partial charge < -0.3 is 10.2 Å². The predicted molar refractivity (Wildman–Crippen MR) is 84.9 cm³/mol. The van der Waals surface area contributed by atoms with Crippen LogP contribution in [0.15, 0.2) is 23.7 Å². The molecule has 3 rings (SSSR count). The van der Waals surface area contributed by atoms with Crippen molar-refractivity contribution < 1.29 is 9.59 Å². The van der Waals surface area contributed by atoms with Crippen molar-refractivity contribution in [3.8, 4) is 0 Å². The molecule has 1 unspecified atom stereocenters. The molecule has 2 amide bonds. The lowest BCUT2D eigenvalue weighted by atomic mass is 10.1. The number of nitrogens with zero attached hydrogens (tertiary/aromatic N) is 3. The quantitative estimate of drug-likeness (QED) is 0.941. The number of rotatable bonds is 3. The maximum Gasteiger partial charge on any atom is 0.231 e. The van der Waals surface area contributed by atoms with E-state index in [1.807, 2.05) is 26.0 Å². The Labute approximate surface area is 132 Å². The molecular formula is C15H16N4O2S. The zero-order valence-corrected chi connectivity index (χ0v) is 13.2. The molecule has 0 radical (unpaired) electrons. The average Bonchev–Trinajstić information content (AvgIpc) is 3.07. The van der Waals surface area contributed by atoms with Crippen LogP contribution in [0.2, 0.25) is 0 Å². The monoisotopic (exact) mass is 316 g/mol. The summed E-state index contributed by atoms with van der Waals surface area (Å²) >= 11 is 1.26. The van der Waals surface area contributed by atoms with E-state index in [1.54, 1.807) is 10.4 Å². The molecule has 1 aromatic carbocycles. The number of hydrogen-bond donors (Lipinski definition) is 1. The summed E-state index contributed by atoms with van der Waals surface area (Å²) < 4.78 is 0. The number of carbonyl (C=O) groups is 2. The third kappa shape index (κ3) is 2.99. The van der Waals surface area contributed by atoms with Crippen LogP contribution in [-0.4, -0.2) is 28.6 Å². The Bertz CT molecular complexity index is 694. The van der Waals surface area contributed by atoms with Crippen molar-refractivity contribution in [2.24, 2.45) is 5.92 Å². The zero-order valence-electron chi connectivity index (χ0n) is 12.4. The molecule has 2 heterocycles. The van der Waals surface area contributed by atoms with Gasteiger partial charge in [0.25, 0.3) is 0 Å². The Balaban J connectivity index is 1.74. The highest BCUT2D eigenvalue weighted by Gasteiger charge is 2.35. The van der Waals surface area contributed by atoms with Gasteiger partial charge in [0.1, 0.15) is 5.51 Å². The molecular weight excluding hydrogens is 300 g/mol. The average molecular weight is 316 g/mol. The SMILES string of the molecule is Cc1cc(C)cc(N2CC(C(=O)Nc3nncs3)CC2=O)c1. The molecule has 0 aliphatic carbocycles. The van der Waals surface area contributed by atoms with Gasteiger partial charge in [0, 0.05) is 18.7 Å². The molecule has 1 N–H and O–H groups in total. The number of hydrogen-bond acceptors (Lipinski definition) is 5. The second kappa shape index (κ2) is 5.84. The molecule has 22 heavy (non-hydrogen) atoms. The highest BCUT2D eigenvalue weighted by molar-refractivity contribution is 7.13. The molecule has 7 heteroatoms. The summed E-state index contributed by atoms with van der Waals surface area (Å²) in [5.74, 6) is -0.573. The lowest BCUT2D eigenvalue weighted by molar-refractivity contribution is -0.122. The molecule has 0 spiro atoms. The molecule has 1 aliphatic rings. The van der Waals surface area contributed by atoms with Crippen molar-refractivity contribution in [2.75, 3.05) is 16.8 Å². The molecule has 0 bridgehead atoms. The number of aryl methyl sites for hydroxylation is 2. The van der Waals surface area contributed by atoms with Crippen molar-refractivity contribution in [2.45, 2.75) is 20.3 Å². The smallest absolute Gasteiger partial charge is 0.231 e. The third-order valence-corrected chi connectivity index (χ3v) is 4.21. The van der Waals surface area contributed by atoms with E-state index in [0.29, 0.717) is 11.7 Å². The van der Waals surface area contributed by atoms with Crippen LogP contribution in [-0.2, 0) is 9.59 Å². The van der Waals surface area contributed by atoms with Gasteiger partial charge in [-0.1, -0.05) is 17.4 Å². The Morgan fingerprint density at radius 2 is 2.05 bits per heavy atom. The number of nitrogens with one attached hydrogen (secondary N) is 1. The molecule has 1 aliphatic heterocycles. The first-order valence-electron chi connectivity index (χ1n) is 6.98. The Morgan fingerprint density at radius 1 is 1.32 bits per heavy atom. The van der Waals surface area contributed by atoms with E-state index in [-0.39, 0.29) is 24.2 Å². The normalized spacial score (nSPS) is 17.8. The van der Waals surface area contributed by atoms with Crippen LogP contribution in [0.1, 0.15) is 17.5 Å². The summed E-state index contributed by atoms with van der Waals surface area (Å²) in [5, 5.41) is 10.6. The van der Waals surface area contributed by atoms with Crippen molar-refractivity contribution in [3.05, 3.63) is 34.8 Å². The van der Waals surface area contributed by atoms with E-state index in [4.69, 9.17) is 0 Å². The van der Waals surface area contributed by atoms with Gasteiger partial charge in [-0.3, -0.25) is 9.59 Å². The van der Waals surface area contributed by atoms with Crippen LogP contribution in [0.25, 0.3) is 0 Å². The molecule has 1 atom stereocenters. The van der Waals surface area contributed by atoms with Gasteiger partial charge >= 0.3 is 0 Å². The molecule has 6 nitrogen and oxygen atoms in total. The lowest BCUT2D eigenvalue weighted by Crippen LogP contribution is -2.28. The van der Waals surface area contributed by atoms with Gasteiger partial charge in [-0.25, -0.2) is 0 Å². The van der Waals surface area contributed by atoms with E-state index < -0.39 is 0 Å². The standard InChI is InChI=1S/C15H16N4O2S/c1-9-3-10(2)5-12(4-9)19-7-11(6-13(19)20)14(21)17-15-18-16-8-22-15/h3-5,8,11H,6-7H2,1-2H3,(H,17,18,21). The van der Waals surface area contributed by atoms with E-state index in [0.717, 1.165) is 16.8 Å². The molecule has 1 fully saturated rings. The Hall–Kier alpha value is -2.28. The lowest BCUT2D eigenvalue weighted by Gasteiger charge is -2.18. The van der Waals surface area contributed by atoms with Crippen LogP contribution in [0.5, 0.6) is 0 Å². The summed E-state index contributed by atoms with van der Waals surface area (Å²) in [6.45, 7) is 4.39. The third-order valence-electron chi connectivity index (χ3n) is 3.60. The fourth-order valence-corrected chi connectivity index (χ4v) is 3.12. The maximum absolute atomic E-state index is 12.2. The van der Waals surface area contributed by atoms with Crippen LogP contribution < -0.4 is 10.2 Å². The van der Waals surface area contributed by atoms with Crippen LogP contribution in [0, 0.1) is 19.8 Å². The summed E-state index contributed by atoms with van der Waals surface area (Å²) in [7, 11) is 0. The Morgan fingerprint density at radius 3 is 2.68 bits per heavy atom. The number of amides is 2. The number of benzene rings is 1. The van der Waals surface area contributed by atoms with Crippen LogP contribution in [0.3, 0.4) is 0 Å². The van der Waals surface area contributed by atoms with Gasteiger partial charge in [-0.15, -0.1) is 10.2 Å². The second-order valence-corrected chi connectivity index (χ2v) is 6.32. The van der Waals surface area contributed by atoms with Crippen LogP contribution >= 0.6 is 11.3 Å². The molecule has 114 valence electrons. The highest BCUT2D eigenvalue weighted by atomic mass is 32.1. The fourth-order valence-electron chi connectivity index (χ4n) is 2.67. The molecule has 0 saturated carbocycles. The molecule has 1 saturated heterocycles. The van der Waals surface area contributed by atoms with Gasteiger partial charge in [-0.05, 0) is 37.1 Å². The minimum absolute atomic E-state index is 0.0255. The first kappa shape index (κ1) is 14.6. The summed E-state index contributed by atoms with van der Waals surface area (Å²) in [4.78, 5) is 26.1. The predicted octanol–water partition coefficient (Wildman–Crippen LogP) is 2.15. The molecule has 2 aromatic rings. The van der Waals surface area contributed by atoms with Crippen molar-refractivity contribution in [1.82, 2.24) is 10.2 Å². The number of aromatic nitrogens is 2. The first-order valence-corrected chi connectivity index (χ1v) is 7.86. The molecule has 1 aromatic heterocycles. The summed E-state index contributed by atoms with van der Waals surface area (Å²) in [6.07, 6.45) is 0.220. The van der Waals surface area contributed by atoms with Crippen LogP contribution in [0.4, 0.5) is 10.8 Å². The van der Waals surface area contributed by atoms with Crippen molar-refractivity contribution in [1.29, 1.82) is 0 Å². The van der Waals surface area contributed by atoms with E-state index in [9.17, 15) is 9.59 Å². The fraction of sp³-hybridized carbons (Fsp3) is 0.333. The number of carbonyl (C=O) groups excluding carboxylic acids is 2. The largest absolute Gasteiger partial charge is 0.312 e.